The molecule has 0 saturated carbocycles. The van der Waals surface area contributed by atoms with Crippen LogP contribution < -0.4 is 0 Å². The van der Waals surface area contributed by atoms with Crippen molar-refractivity contribution >= 4 is 53.3 Å². The predicted molar refractivity (Wildman–Crippen MR) is 165 cm³/mol. The second kappa shape index (κ2) is 7.89. The number of hydrogen-bond acceptors (Lipinski definition) is 2. The van der Waals surface area contributed by atoms with E-state index in [0.717, 1.165) is 6.42 Å². The summed E-state index contributed by atoms with van der Waals surface area (Å²) in [5, 5.41) is 5.36. The Kier molecular flexibility index (Phi) is 4.29. The lowest BCUT2D eigenvalue weighted by molar-refractivity contribution is 1.18. The van der Waals surface area contributed by atoms with E-state index in [9.17, 15) is 0 Å². The second-order valence-electron chi connectivity index (χ2n) is 10.4. The molecule has 0 atom stereocenters. The van der Waals surface area contributed by atoms with Crippen LogP contribution >= 0.6 is 11.3 Å². The fourth-order valence-corrected chi connectivity index (χ4v) is 8.04. The molecule has 3 heteroatoms. The average molecular weight is 515 g/mol. The summed E-state index contributed by atoms with van der Waals surface area (Å²) in [6.45, 7) is 0. The molecule has 0 fully saturated rings. The van der Waals surface area contributed by atoms with E-state index >= 15 is 0 Å². The van der Waals surface area contributed by atoms with Crippen LogP contribution in [0.3, 0.4) is 0 Å². The van der Waals surface area contributed by atoms with E-state index in [2.05, 4.69) is 119 Å². The summed E-state index contributed by atoms with van der Waals surface area (Å²) < 4.78 is 5.22. The van der Waals surface area contributed by atoms with Gasteiger partial charge in [-0.2, -0.15) is 0 Å². The Morgan fingerprint density at radius 3 is 2.36 bits per heavy atom. The van der Waals surface area contributed by atoms with Crippen LogP contribution in [0.15, 0.2) is 122 Å². The summed E-state index contributed by atoms with van der Waals surface area (Å²) in [5.41, 5.74) is 11.7. The fourth-order valence-electron chi connectivity index (χ4n) is 6.60. The lowest BCUT2D eigenvalue weighted by Gasteiger charge is -2.10. The standard InChI is InChI=1S/C36H22N2S/c1-2-9-27-24(6-1)20-25-12-13-28-29-14-15-32-34(36(29)39-35(28)33(25)27)30-10-3-4-11-31(30)38(32)26-8-5-7-23(21-26)22-16-18-37-19-17-22/h1-19,21H,20H2. The van der Waals surface area contributed by atoms with Gasteiger partial charge in [0.05, 0.1) is 11.0 Å². The monoisotopic (exact) mass is 514 g/mol. The summed E-state index contributed by atoms with van der Waals surface area (Å²) in [4.78, 5) is 4.20. The summed E-state index contributed by atoms with van der Waals surface area (Å²) in [7, 11) is 0. The Morgan fingerprint density at radius 1 is 0.590 bits per heavy atom. The number of pyridine rings is 1. The van der Waals surface area contributed by atoms with Gasteiger partial charge in [-0.15, -0.1) is 11.3 Å². The Labute approximate surface area is 229 Å². The average Bonchev–Trinajstić information content (AvgIpc) is 3.66. The number of hydrogen-bond donors (Lipinski definition) is 0. The molecule has 0 bridgehead atoms. The molecular formula is C36H22N2S. The first-order valence-electron chi connectivity index (χ1n) is 13.3. The largest absolute Gasteiger partial charge is 0.309 e. The molecule has 3 heterocycles. The van der Waals surface area contributed by atoms with E-state index in [1.165, 1.54) is 81.0 Å². The second-order valence-corrected chi connectivity index (χ2v) is 11.4. The van der Waals surface area contributed by atoms with Crippen molar-refractivity contribution in [1.29, 1.82) is 0 Å². The lowest BCUT2D eigenvalue weighted by Crippen LogP contribution is -1.94. The molecule has 0 N–H and O–H groups in total. The summed E-state index contributed by atoms with van der Waals surface area (Å²) in [6.07, 6.45) is 4.74. The van der Waals surface area contributed by atoms with Gasteiger partial charge in [0, 0.05) is 54.6 Å². The van der Waals surface area contributed by atoms with Crippen molar-refractivity contribution < 1.29 is 0 Å². The minimum absolute atomic E-state index is 1.03. The molecule has 5 aromatic carbocycles. The number of benzene rings is 5. The lowest BCUT2D eigenvalue weighted by atomic mass is 10.0. The molecule has 2 nitrogen and oxygen atoms in total. The van der Waals surface area contributed by atoms with E-state index in [0.29, 0.717) is 0 Å². The zero-order valence-electron chi connectivity index (χ0n) is 21.1. The van der Waals surface area contributed by atoms with Crippen molar-refractivity contribution in [3.63, 3.8) is 0 Å². The highest BCUT2D eigenvalue weighted by Crippen LogP contribution is 2.49. The topological polar surface area (TPSA) is 17.8 Å². The molecule has 0 spiro atoms. The van der Waals surface area contributed by atoms with Gasteiger partial charge in [0.2, 0.25) is 0 Å². The first-order valence-corrected chi connectivity index (χ1v) is 14.2. The normalized spacial score (nSPS) is 12.5. The summed E-state index contributed by atoms with van der Waals surface area (Å²) in [5.74, 6) is 0. The van der Waals surface area contributed by atoms with E-state index in [4.69, 9.17) is 0 Å². The van der Waals surface area contributed by atoms with Crippen molar-refractivity contribution in [3.8, 4) is 27.9 Å². The van der Waals surface area contributed by atoms with Gasteiger partial charge in [0.25, 0.3) is 0 Å². The van der Waals surface area contributed by atoms with Gasteiger partial charge in [0.1, 0.15) is 0 Å². The third-order valence-corrected chi connectivity index (χ3v) is 9.57. The van der Waals surface area contributed by atoms with Gasteiger partial charge in [-0.3, -0.25) is 4.98 Å². The minimum Gasteiger partial charge on any atom is -0.309 e. The Morgan fingerprint density at radius 2 is 1.41 bits per heavy atom. The summed E-state index contributed by atoms with van der Waals surface area (Å²) >= 11 is 1.96. The van der Waals surface area contributed by atoms with Crippen LogP contribution in [0.25, 0.3) is 69.9 Å². The molecule has 1 aliphatic carbocycles. The first-order chi connectivity index (χ1) is 19.3. The molecule has 3 aromatic heterocycles. The third kappa shape index (κ3) is 2.94. The molecule has 9 rings (SSSR count). The number of para-hydroxylation sites is 1. The number of thiophene rings is 1. The van der Waals surface area contributed by atoms with Gasteiger partial charge < -0.3 is 4.57 Å². The molecule has 0 aliphatic heterocycles. The van der Waals surface area contributed by atoms with Crippen LogP contribution in [0.2, 0.25) is 0 Å². The molecule has 0 saturated heterocycles. The van der Waals surface area contributed by atoms with E-state index < -0.39 is 0 Å². The highest BCUT2D eigenvalue weighted by atomic mass is 32.1. The maximum absolute atomic E-state index is 4.20. The SMILES string of the molecule is c1cc(-c2ccncc2)cc(-n2c3ccccc3c3c4sc5c6c(ccc5c4ccc32)Cc2ccccc2-6)c1. The van der Waals surface area contributed by atoms with Gasteiger partial charge >= 0.3 is 0 Å². The van der Waals surface area contributed by atoms with Crippen LogP contribution in [0.1, 0.15) is 11.1 Å². The first kappa shape index (κ1) is 21.2. The maximum Gasteiger partial charge on any atom is 0.0555 e. The van der Waals surface area contributed by atoms with Crippen LogP contribution in [-0.2, 0) is 6.42 Å². The number of nitrogens with zero attached hydrogens (tertiary/aromatic N) is 2. The van der Waals surface area contributed by atoms with E-state index in [-0.39, 0.29) is 0 Å². The molecule has 0 unspecified atom stereocenters. The molecular weight excluding hydrogens is 492 g/mol. The van der Waals surface area contributed by atoms with Crippen molar-refractivity contribution in [2.24, 2.45) is 0 Å². The van der Waals surface area contributed by atoms with E-state index in [1.54, 1.807) is 0 Å². The Bertz CT molecular complexity index is 2250. The van der Waals surface area contributed by atoms with Crippen LogP contribution in [0, 0.1) is 0 Å². The van der Waals surface area contributed by atoms with Gasteiger partial charge in [-0.1, -0.05) is 72.8 Å². The van der Waals surface area contributed by atoms with Crippen LogP contribution in [-0.4, -0.2) is 9.55 Å². The van der Waals surface area contributed by atoms with Gasteiger partial charge in [-0.05, 0) is 70.6 Å². The van der Waals surface area contributed by atoms with E-state index in [1.807, 2.05) is 23.7 Å². The maximum atomic E-state index is 4.20. The molecule has 182 valence electrons. The van der Waals surface area contributed by atoms with Crippen LogP contribution in [0.4, 0.5) is 0 Å². The number of fused-ring (bicyclic) bond motifs is 11. The van der Waals surface area contributed by atoms with Gasteiger partial charge in [0.15, 0.2) is 0 Å². The van der Waals surface area contributed by atoms with Crippen LogP contribution in [0.5, 0.6) is 0 Å². The van der Waals surface area contributed by atoms with Crippen molar-refractivity contribution in [1.82, 2.24) is 9.55 Å². The van der Waals surface area contributed by atoms with Crippen molar-refractivity contribution in [2.45, 2.75) is 6.42 Å². The number of aromatic nitrogens is 2. The Hall–Kier alpha value is -4.73. The van der Waals surface area contributed by atoms with Crippen molar-refractivity contribution in [3.05, 3.63) is 133 Å². The molecule has 1 aliphatic rings. The highest BCUT2D eigenvalue weighted by Gasteiger charge is 2.24. The summed E-state index contributed by atoms with van der Waals surface area (Å²) in [6, 6.07) is 40.1. The molecule has 0 radical (unpaired) electrons. The zero-order valence-corrected chi connectivity index (χ0v) is 21.9. The fraction of sp³-hybridized carbons (Fsp3) is 0.0278. The molecule has 8 aromatic rings. The smallest absolute Gasteiger partial charge is 0.0555 e. The highest BCUT2D eigenvalue weighted by molar-refractivity contribution is 7.27. The molecule has 39 heavy (non-hydrogen) atoms. The predicted octanol–water partition coefficient (Wildman–Crippen LogP) is 9.78. The zero-order chi connectivity index (χ0) is 25.5. The quantitative estimate of drug-likeness (QED) is 0.224. The molecule has 0 amide bonds. The van der Waals surface area contributed by atoms with Crippen molar-refractivity contribution in [2.75, 3.05) is 0 Å². The number of rotatable bonds is 2. The third-order valence-electron chi connectivity index (χ3n) is 8.31. The van der Waals surface area contributed by atoms with Gasteiger partial charge in [-0.25, -0.2) is 0 Å². The minimum atomic E-state index is 1.03. The Balaban J connectivity index is 1.37.